The Balaban J connectivity index is 1.76. The molecule has 98 valence electrons. The van der Waals surface area contributed by atoms with Crippen molar-refractivity contribution in [2.75, 3.05) is 6.26 Å². The van der Waals surface area contributed by atoms with E-state index in [1.54, 1.807) is 23.1 Å². The van der Waals surface area contributed by atoms with Crippen LogP contribution < -0.4 is 5.73 Å². The van der Waals surface area contributed by atoms with Gasteiger partial charge in [-0.2, -0.15) is 0 Å². The lowest BCUT2D eigenvalue weighted by molar-refractivity contribution is 0.709. The standard InChI is InChI=1S/C14H15N3S2/c1-18-12-4-2-10(3-5-12)13(15)8-11-9-17-6-7-19-14(17)16-11/h2-7,9,13H,8,15H2,1H3. The highest BCUT2D eigenvalue weighted by Gasteiger charge is 2.10. The Morgan fingerprint density at radius 2 is 2.16 bits per heavy atom. The number of thiazole rings is 1. The topological polar surface area (TPSA) is 43.3 Å². The van der Waals surface area contributed by atoms with Crippen molar-refractivity contribution in [3.05, 3.63) is 53.3 Å². The minimum atomic E-state index is 0.000474. The Kier molecular flexibility index (Phi) is 3.59. The van der Waals surface area contributed by atoms with Gasteiger partial charge in [-0.05, 0) is 24.0 Å². The van der Waals surface area contributed by atoms with Gasteiger partial charge in [0.05, 0.1) is 5.69 Å². The highest BCUT2D eigenvalue weighted by molar-refractivity contribution is 7.98. The molecule has 3 nitrogen and oxygen atoms in total. The van der Waals surface area contributed by atoms with Gasteiger partial charge in [0.25, 0.3) is 0 Å². The van der Waals surface area contributed by atoms with Gasteiger partial charge in [-0.1, -0.05) is 12.1 Å². The van der Waals surface area contributed by atoms with Gasteiger partial charge in [-0.25, -0.2) is 4.98 Å². The maximum atomic E-state index is 6.26. The van der Waals surface area contributed by atoms with E-state index in [9.17, 15) is 0 Å². The van der Waals surface area contributed by atoms with E-state index in [0.29, 0.717) is 0 Å². The predicted molar refractivity (Wildman–Crippen MR) is 81.9 cm³/mol. The van der Waals surface area contributed by atoms with Crippen molar-refractivity contribution in [2.45, 2.75) is 17.4 Å². The van der Waals surface area contributed by atoms with Crippen LogP contribution in [0.25, 0.3) is 4.96 Å². The highest BCUT2D eigenvalue weighted by Crippen LogP contribution is 2.21. The van der Waals surface area contributed by atoms with Gasteiger partial charge in [-0.3, -0.25) is 4.40 Å². The molecule has 3 aromatic rings. The molecule has 0 saturated heterocycles. The summed E-state index contributed by atoms with van der Waals surface area (Å²) < 4.78 is 2.05. The number of imidazole rings is 1. The minimum absolute atomic E-state index is 0.000474. The second kappa shape index (κ2) is 5.36. The number of aromatic nitrogens is 2. The zero-order valence-corrected chi connectivity index (χ0v) is 12.2. The molecule has 0 fully saturated rings. The summed E-state index contributed by atoms with van der Waals surface area (Å²) in [4.78, 5) is 6.86. The van der Waals surface area contributed by atoms with Crippen molar-refractivity contribution in [3.63, 3.8) is 0 Å². The summed E-state index contributed by atoms with van der Waals surface area (Å²) in [6.07, 6.45) is 6.93. The third kappa shape index (κ3) is 2.68. The molecule has 1 unspecified atom stereocenters. The smallest absolute Gasteiger partial charge is 0.193 e. The van der Waals surface area contributed by atoms with E-state index >= 15 is 0 Å². The average Bonchev–Trinajstić information content (AvgIpc) is 2.99. The highest BCUT2D eigenvalue weighted by atomic mass is 32.2. The third-order valence-corrected chi connectivity index (χ3v) is 4.63. The zero-order chi connectivity index (χ0) is 13.2. The normalized spacial score (nSPS) is 12.9. The van der Waals surface area contributed by atoms with Crippen LogP contribution in [0, 0.1) is 0 Å². The molecule has 2 heterocycles. The summed E-state index contributed by atoms with van der Waals surface area (Å²) in [6.45, 7) is 0. The first-order valence-electron chi connectivity index (χ1n) is 6.07. The third-order valence-electron chi connectivity index (χ3n) is 3.12. The number of fused-ring (bicyclic) bond motifs is 1. The lowest BCUT2D eigenvalue weighted by atomic mass is 10.0. The molecule has 2 aromatic heterocycles. The molecule has 0 aliphatic rings. The fourth-order valence-electron chi connectivity index (χ4n) is 2.07. The SMILES string of the molecule is CSc1ccc(C(N)Cc2cn3ccsc3n2)cc1. The molecule has 2 N–H and O–H groups in total. The van der Waals surface area contributed by atoms with Crippen molar-refractivity contribution < 1.29 is 0 Å². The van der Waals surface area contributed by atoms with Crippen molar-refractivity contribution in [3.8, 4) is 0 Å². The van der Waals surface area contributed by atoms with E-state index in [1.165, 1.54) is 4.90 Å². The molecule has 0 bridgehead atoms. The fourth-order valence-corrected chi connectivity index (χ4v) is 3.20. The molecule has 0 spiro atoms. The number of rotatable bonds is 4. The second-order valence-electron chi connectivity index (χ2n) is 4.41. The maximum absolute atomic E-state index is 6.26. The van der Waals surface area contributed by atoms with Gasteiger partial charge in [0.2, 0.25) is 0 Å². The number of thioether (sulfide) groups is 1. The van der Waals surface area contributed by atoms with Crippen LogP contribution in [0.3, 0.4) is 0 Å². The van der Waals surface area contributed by atoms with E-state index in [2.05, 4.69) is 41.7 Å². The summed E-state index contributed by atoms with van der Waals surface area (Å²) in [5, 5.41) is 2.03. The van der Waals surface area contributed by atoms with Gasteiger partial charge in [0.1, 0.15) is 0 Å². The molecule has 0 aliphatic carbocycles. The van der Waals surface area contributed by atoms with Crippen molar-refractivity contribution >= 4 is 28.1 Å². The maximum Gasteiger partial charge on any atom is 0.193 e. The molecule has 5 heteroatoms. The minimum Gasteiger partial charge on any atom is -0.324 e. The summed E-state index contributed by atoms with van der Waals surface area (Å²) >= 11 is 3.39. The molecular weight excluding hydrogens is 274 g/mol. The molecule has 0 saturated carbocycles. The first kappa shape index (κ1) is 12.7. The van der Waals surface area contributed by atoms with Crippen LogP contribution in [-0.4, -0.2) is 15.6 Å². The average molecular weight is 289 g/mol. The Morgan fingerprint density at radius 1 is 1.37 bits per heavy atom. The molecule has 1 aromatic carbocycles. The van der Waals surface area contributed by atoms with Gasteiger partial charge < -0.3 is 5.73 Å². The molecule has 0 amide bonds. The largest absolute Gasteiger partial charge is 0.324 e. The van der Waals surface area contributed by atoms with E-state index in [4.69, 9.17) is 5.73 Å². The Labute approximate surface area is 120 Å². The van der Waals surface area contributed by atoms with Gasteiger partial charge in [0, 0.05) is 35.1 Å². The summed E-state index contributed by atoms with van der Waals surface area (Å²) in [5.74, 6) is 0. The zero-order valence-electron chi connectivity index (χ0n) is 10.6. The Morgan fingerprint density at radius 3 is 2.84 bits per heavy atom. The molecule has 3 rings (SSSR count). The number of hydrogen-bond donors (Lipinski definition) is 1. The Hall–Kier alpha value is -1.30. The number of nitrogens with zero attached hydrogens (tertiary/aromatic N) is 2. The lowest BCUT2D eigenvalue weighted by Gasteiger charge is -2.10. The van der Waals surface area contributed by atoms with E-state index in [0.717, 1.165) is 22.6 Å². The monoisotopic (exact) mass is 289 g/mol. The van der Waals surface area contributed by atoms with Gasteiger partial charge >= 0.3 is 0 Å². The van der Waals surface area contributed by atoms with Crippen molar-refractivity contribution in [1.29, 1.82) is 0 Å². The number of hydrogen-bond acceptors (Lipinski definition) is 4. The number of nitrogens with two attached hydrogens (primary N) is 1. The second-order valence-corrected chi connectivity index (χ2v) is 6.16. The van der Waals surface area contributed by atoms with Crippen molar-refractivity contribution in [1.82, 2.24) is 9.38 Å². The number of benzene rings is 1. The van der Waals surface area contributed by atoms with Gasteiger partial charge in [0.15, 0.2) is 4.96 Å². The van der Waals surface area contributed by atoms with Crippen LogP contribution in [0.5, 0.6) is 0 Å². The summed E-state index contributed by atoms with van der Waals surface area (Å²) in [5.41, 5.74) is 8.47. The molecular formula is C14H15N3S2. The molecule has 19 heavy (non-hydrogen) atoms. The molecule has 1 atom stereocenters. The lowest BCUT2D eigenvalue weighted by Crippen LogP contribution is -2.13. The van der Waals surface area contributed by atoms with Crippen LogP contribution in [0.2, 0.25) is 0 Å². The quantitative estimate of drug-likeness (QED) is 0.749. The fraction of sp³-hybridized carbons (Fsp3) is 0.214. The van der Waals surface area contributed by atoms with Gasteiger partial charge in [-0.15, -0.1) is 23.1 Å². The van der Waals surface area contributed by atoms with E-state index in [1.807, 2.05) is 16.0 Å². The van der Waals surface area contributed by atoms with Crippen LogP contribution in [0.1, 0.15) is 17.3 Å². The van der Waals surface area contributed by atoms with Crippen LogP contribution in [0.15, 0.2) is 46.9 Å². The first-order chi connectivity index (χ1) is 9.26. The molecule has 0 radical (unpaired) electrons. The first-order valence-corrected chi connectivity index (χ1v) is 8.17. The van der Waals surface area contributed by atoms with Crippen LogP contribution in [-0.2, 0) is 6.42 Å². The summed E-state index contributed by atoms with van der Waals surface area (Å²) in [7, 11) is 0. The summed E-state index contributed by atoms with van der Waals surface area (Å²) in [6, 6.07) is 8.45. The Bertz CT molecular complexity index is 641. The van der Waals surface area contributed by atoms with Crippen LogP contribution in [0.4, 0.5) is 0 Å². The van der Waals surface area contributed by atoms with E-state index in [-0.39, 0.29) is 6.04 Å². The predicted octanol–water partition coefficient (Wildman–Crippen LogP) is 3.36. The molecule has 0 aliphatic heterocycles. The van der Waals surface area contributed by atoms with Crippen LogP contribution >= 0.6 is 23.1 Å². The van der Waals surface area contributed by atoms with E-state index < -0.39 is 0 Å². The van der Waals surface area contributed by atoms with Crippen molar-refractivity contribution in [2.24, 2.45) is 5.73 Å².